The van der Waals surface area contributed by atoms with Crippen LogP contribution in [0.1, 0.15) is 226 Å². The van der Waals surface area contributed by atoms with Crippen LogP contribution in [0.3, 0.4) is 0 Å². The first kappa shape index (κ1) is 68.2. The summed E-state index contributed by atoms with van der Waals surface area (Å²) in [5.74, 6) is -2.03. The Morgan fingerprint density at radius 2 is 0.792 bits per heavy atom. The van der Waals surface area contributed by atoms with Crippen molar-refractivity contribution in [1.29, 1.82) is 0 Å². The van der Waals surface area contributed by atoms with E-state index in [1.54, 1.807) is 0 Å². The molecular weight excluding hydrogens is 899 g/mol. The number of carboxylic acids is 1. The van der Waals surface area contributed by atoms with Gasteiger partial charge in [0.1, 0.15) is 13.2 Å². The number of unbranched alkanes of at least 4 members (excludes halogenated alkanes) is 21. The van der Waals surface area contributed by atoms with Gasteiger partial charge in [-0.3, -0.25) is 9.59 Å². The Kier molecular flexibility index (Phi) is 50.7. The number of carbonyl (C=O) groups excluding carboxylic acids is 2. The quantitative estimate of drug-likeness (QED) is 0.0211. The molecule has 1 N–H and O–H groups in total. The number of likely N-dealkylation sites (N-methyl/N-ethyl adjacent to an activating group) is 1. The SMILES string of the molecule is CC/C=C\C/C=C\C/C=C\C/C=C\C/C=C\C/C=C\C/C=C\CCCCCCCCCCCC(=O)OC(COC(=O)CCCCCCC/C=C\CCCCCCCCC)COC(OCC[N+](C)(C)C)C(=O)O. The Morgan fingerprint density at radius 3 is 1.19 bits per heavy atom. The van der Waals surface area contributed by atoms with Crippen LogP contribution in [0.2, 0.25) is 0 Å². The Labute approximate surface area is 442 Å². The lowest BCUT2D eigenvalue weighted by Gasteiger charge is -2.25. The fraction of sp³-hybridized carbons (Fsp3) is 0.698. The molecule has 9 heteroatoms. The Morgan fingerprint density at radius 1 is 0.431 bits per heavy atom. The van der Waals surface area contributed by atoms with Gasteiger partial charge in [-0.2, -0.15) is 0 Å². The zero-order valence-electron chi connectivity index (χ0n) is 46.8. The average Bonchev–Trinajstić information content (AvgIpc) is 3.35. The highest BCUT2D eigenvalue weighted by atomic mass is 16.7. The van der Waals surface area contributed by atoms with Crippen LogP contribution < -0.4 is 0 Å². The monoisotopic (exact) mass is 1010 g/mol. The Balaban J connectivity index is 4.26. The summed E-state index contributed by atoms with van der Waals surface area (Å²) < 4.78 is 22.8. The molecule has 0 aliphatic carbocycles. The molecule has 0 bridgehead atoms. The molecule has 0 saturated heterocycles. The molecule has 2 unspecified atom stereocenters. The molecule has 0 aliphatic rings. The number of aliphatic carboxylic acids is 1. The van der Waals surface area contributed by atoms with Gasteiger partial charge in [0.2, 0.25) is 0 Å². The van der Waals surface area contributed by atoms with Gasteiger partial charge in [0.15, 0.2) is 6.10 Å². The lowest BCUT2D eigenvalue weighted by molar-refractivity contribution is -0.870. The third kappa shape index (κ3) is 54.0. The minimum absolute atomic E-state index is 0.181. The van der Waals surface area contributed by atoms with Crippen LogP contribution in [0.4, 0.5) is 0 Å². The van der Waals surface area contributed by atoms with Crippen molar-refractivity contribution in [2.24, 2.45) is 0 Å². The zero-order valence-corrected chi connectivity index (χ0v) is 46.8. The number of carboxylic acid groups (broad SMARTS) is 1. The first-order chi connectivity index (χ1) is 35.1. The van der Waals surface area contributed by atoms with E-state index in [4.69, 9.17) is 18.9 Å². The van der Waals surface area contributed by atoms with E-state index in [1.165, 1.54) is 83.5 Å². The number of ether oxygens (including phenoxy) is 4. The third-order valence-electron chi connectivity index (χ3n) is 12.1. The number of allylic oxidation sites excluding steroid dienone is 16. The van der Waals surface area contributed by atoms with Crippen LogP contribution in [-0.4, -0.2) is 87.4 Å². The Hall–Kier alpha value is -3.79. The number of carbonyl (C=O) groups is 3. The minimum Gasteiger partial charge on any atom is -0.477 e. The first-order valence-electron chi connectivity index (χ1n) is 28.9. The smallest absolute Gasteiger partial charge is 0.361 e. The molecule has 0 saturated carbocycles. The molecule has 0 radical (unpaired) electrons. The van der Waals surface area contributed by atoms with Crippen LogP contribution in [0.5, 0.6) is 0 Å². The predicted octanol–water partition coefficient (Wildman–Crippen LogP) is 17.0. The highest BCUT2D eigenvalue weighted by molar-refractivity contribution is 5.71. The van der Waals surface area contributed by atoms with Crippen molar-refractivity contribution >= 4 is 17.9 Å². The largest absolute Gasteiger partial charge is 0.477 e. The van der Waals surface area contributed by atoms with Gasteiger partial charge in [-0.15, -0.1) is 0 Å². The van der Waals surface area contributed by atoms with Gasteiger partial charge in [-0.05, 0) is 96.3 Å². The molecule has 0 aromatic rings. The molecule has 0 rings (SSSR count). The lowest BCUT2D eigenvalue weighted by atomic mass is 10.1. The van der Waals surface area contributed by atoms with Crippen LogP contribution in [0.25, 0.3) is 0 Å². The van der Waals surface area contributed by atoms with Gasteiger partial charge in [0.25, 0.3) is 6.29 Å². The van der Waals surface area contributed by atoms with E-state index in [2.05, 4.69) is 111 Å². The molecular formula is C63H108NO8+. The topological polar surface area (TPSA) is 108 Å². The van der Waals surface area contributed by atoms with Gasteiger partial charge in [0, 0.05) is 12.8 Å². The predicted molar refractivity (Wildman–Crippen MR) is 304 cm³/mol. The molecule has 0 aromatic heterocycles. The maximum atomic E-state index is 12.9. The van der Waals surface area contributed by atoms with Crippen LogP contribution >= 0.6 is 0 Å². The molecule has 0 spiro atoms. The van der Waals surface area contributed by atoms with Crippen molar-refractivity contribution in [3.8, 4) is 0 Å². The maximum absolute atomic E-state index is 12.9. The number of quaternary nitrogens is 1. The second-order valence-electron chi connectivity index (χ2n) is 20.2. The summed E-state index contributed by atoms with van der Waals surface area (Å²) in [7, 11) is 5.96. The number of hydrogen-bond donors (Lipinski definition) is 1. The van der Waals surface area contributed by atoms with Crippen molar-refractivity contribution in [3.63, 3.8) is 0 Å². The van der Waals surface area contributed by atoms with Gasteiger partial charge >= 0.3 is 17.9 Å². The minimum atomic E-state index is -1.52. The fourth-order valence-electron chi connectivity index (χ4n) is 7.63. The zero-order chi connectivity index (χ0) is 52.7. The summed E-state index contributed by atoms with van der Waals surface area (Å²) >= 11 is 0. The number of rotatable bonds is 52. The van der Waals surface area contributed by atoms with Gasteiger partial charge in [0.05, 0.1) is 34.4 Å². The maximum Gasteiger partial charge on any atom is 0.361 e. The van der Waals surface area contributed by atoms with Gasteiger partial charge in [-0.25, -0.2) is 4.79 Å². The normalized spacial score (nSPS) is 13.5. The van der Waals surface area contributed by atoms with Crippen molar-refractivity contribution < 1.29 is 42.9 Å². The molecule has 2 atom stereocenters. The summed E-state index contributed by atoms with van der Waals surface area (Å²) in [5, 5.41) is 9.69. The van der Waals surface area contributed by atoms with Gasteiger partial charge in [-0.1, -0.05) is 214 Å². The van der Waals surface area contributed by atoms with Gasteiger partial charge < -0.3 is 28.5 Å². The van der Waals surface area contributed by atoms with E-state index in [0.717, 1.165) is 109 Å². The summed E-state index contributed by atoms with van der Waals surface area (Å²) in [6.45, 7) is 4.74. The van der Waals surface area contributed by atoms with Crippen molar-refractivity contribution in [2.45, 2.75) is 238 Å². The van der Waals surface area contributed by atoms with Crippen molar-refractivity contribution in [3.05, 3.63) is 97.2 Å². The second-order valence-corrected chi connectivity index (χ2v) is 20.2. The molecule has 9 nitrogen and oxygen atoms in total. The summed E-state index contributed by atoms with van der Waals surface area (Å²) in [5.41, 5.74) is 0. The van der Waals surface area contributed by atoms with E-state index in [1.807, 2.05) is 21.1 Å². The fourth-order valence-corrected chi connectivity index (χ4v) is 7.63. The highest BCUT2D eigenvalue weighted by Gasteiger charge is 2.25. The van der Waals surface area contributed by atoms with Crippen LogP contribution in [-0.2, 0) is 33.3 Å². The first-order valence-corrected chi connectivity index (χ1v) is 28.9. The summed E-state index contributed by atoms with van der Waals surface area (Å²) in [6.07, 6.45) is 69.1. The van der Waals surface area contributed by atoms with Crippen molar-refractivity contribution in [1.82, 2.24) is 0 Å². The summed E-state index contributed by atoms with van der Waals surface area (Å²) in [6, 6.07) is 0. The molecule has 0 fully saturated rings. The Bertz CT molecular complexity index is 1500. The van der Waals surface area contributed by atoms with Crippen LogP contribution in [0.15, 0.2) is 97.2 Å². The molecule has 0 amide bonds. The van der Waals surface area contributed by atoms with E-state index in [-0.39, 0.29) is 38.6 Å². The third-order valence-corrected chi connectivity index (χ3v) is 12.1. The van der Waals surface area contributed by atoms with Crippen LogP contribution in [0, 0.1) is 0 Å². The highest BCUT2D eigenvalue weighted by Crippen LogP contribution is 2.15. The lowest BCUT2D eigenvalue weighted by Crippen LogP contribution is -2.40. The summed E-state index contributed by atoms with van der Waals surface area (Å²) in [4.78, 5) is 37.4. The molecule has 412 valence electrons. The van der Waals surface area contributed by atoms with E-state index >= 15 is 0 Å². The van der Waals surface area contributed by atoms with E-state index < -0.39 is 24.3 Å². The molecule has 0 aliphatic heterocycles. The number of hydrogen-bond acceptors (Lipinski definition) is 7. The molecule has 72 heavy (non-hydrogen) atoms. The molecule has 0 heterocycles. The van der Waals surface area contributed by atoms with E-state index in [0.29, 0.717) is 17.4 Å². The standard InChI is InChI=1S/C63H107NO8/c1-6-8-10-12-14-16-18-20-22-24-25-26-27-28-29-30-31-32-33-34-35-36-37-38-40-42-44-46-48-50-52-54-61(66)72-59(58-71-63(62(67)68)69-56-55-64(3,4)5)57-70-60(65)53-51-49-47-45-43-41-39-23-21-19-17-15-13-11-9-7-2/h8,10,14,16,20,22-23,25-26,28-29,31-32,34-35,39,59,63H,6-7,9,11-13,15,17-19,21,24,27,30,33,36-38,40-58H2,1-5H3/p+1/b10-8-,16-14-,22-20-,26-25-,29-28-,32-31-,35-34-,39-23-. The van der Waals surface area contributed by atoms with Crippen molar-refractivity contribution in [2.75, 3.05) is 47.5 Å². The van der Waals surface area contributed by atoms with E-state index in [9.17, 15) is 19.5 Å². The molecule has 0 aromatic carbocycles. The number of nitrogens with zero attached hydrogens (tertiary/aromatic N) is 1. The average molecular weight is 1010 g/mol. The second kappa shape index (κ2) is 53.5. The number of esters is 2.